The number of aryl methyl sites for hydroxylation is 1. The zero-order valence-electron chi connectivity index (χ0n) is 11.1. The summed E-state index contributed by atoms with van der Waals surface area (Å²) in [7, 11) is 1.21. The van der Waals surface area contributed by atoms with Crippen LogP contribution in [0.3, 0.4) is 0 Å². The van der Waals surface area contributed by atoms with Gasteiger partial charge in [-0.25, -0.2) is 4.79 Å². The molecule has 0 unspecified atom stereocenters. The SMILES string of the molecule is COC(=O)[C@@H](NC(C)=O)[C@H](O)c1ccc(C)cc1.S. The maximum absolute atomic E-state index is 11.5. The van der Waals surface area contributed by atoms with E-state index in [1.54, 1.807) is 12.1 Å². The number of aliphatic hydroxyl groups is 1. The van der Waals surface area contributed by atoms with Gasteiger partial charge in [-0.15, -0.1) is 0 Å². The molecule has 6 heteroatoms. The lowest BCUT2D eigenvalue weighted by molar-refractivity contribution is -0.148. The monoisotopic (exact) mass is 285 g/mol. The fraction of sp³-hybridized carbons (Fsp3) is 0.385. The third kappa shape index (κ3) is 4.92. The maximum atomic E-state index is 11.5. The summed E-state index contributed by atoms with van der Waals surface area (Å²) in [5.74, 6) is -1.09. The fourth-order valence-corrected chi connectivity index (χ4v) is 1.57. The molecule has 5 nitrogen and oxygen atoms in total. The summed E-state index contributed by atoms with van der Waals surface area (Å²) >= 11 is 0. The minimum absolute atomic E-state index is 0. The predicted molar refractivity (Wildman–Crippen MR) is 76.1 cm³/mol. The second kappa shape index (κ2) is 7.81. The Morgan fingerprint density at radius 1 is 1.26 bits per heavy atom. The van der Waals surface area contributed by atoms with E-state index in [0.29, 0.717) is 5.56 Å². The molecule has 0 fully saturated rings. The van der Waals surface area contributed by atoms with Gasteiger partial charge in [-0.1, -0.05) is 29.8 Å². The average molecular weight is 285 g/mol. The van der Waals surface area contributed by atoms with Gasteiger partial charge < -0.3 is 15.2 Å². The van der Waals surface area contributed by atoms with Gasteiger partial charge in [-0.2, -0.15) is 13.5 Å². The fourth-order valence-electron chi connectivity index (χ4n) is 1.57. The number of nitrogens with one attached hydrogen (secondary N) is 1. The molecule has 0 saturated heterocycles. The van der Waals surface area contributed by atoms with Crippen LogP contribution in [0.4, 0.5) is 0 Å². The first-order chi connectivity index (χ1) is 8.45. The van der Waals surface area contributed by atoms with Crippen LogP contribution in [-0.4, -0.2) is 30.1 Å². The number of methoxy groups -OCH3 is 1. The van der Waals surface area contributed by atoms with Gasteiger partial charge in [-0.05, 0) is 12.5 Å². The van der Waals surface area contributed by atoms with Crippen LogP contribution >= 0.6 is 13.5 Å². The third-order valence-corrected chi connectivity index (χ3v) is 2.55. The molecule has 0 spiro atoms. The van der Waals surface area contributed by atoms with Gasteiger partial charge in [0.1, 0.15) is 6.10 Å². The Balaban J connectivity index is 0.00000324. The summed E-state index contributed by atoms with van der Waals surface area (Å²) in [6.07, 6.45) is -1.14. The molecule has 0 aliphatic rings. The van der Waals surface area contributed by atoms with Crippen molar-refractivity contribution in [2.45, 2.75) is 26.0 Å². The molecule has 19 heavy (non-hydrogen) atoms. The number of ether oxygens (including phenoxy) is 1. The Labute approximate surface area is 119 Å². The van der Waals surface area contributed by atoms with E-state index >= 15 is 0 Å². The van der Waals surface area contributed by atoms with Crippen LogP contribution in [0, 0.1) is 6.92 Å². The van der Waals surface area contributed by atoms with E-state index in [9.17, 15) is 14.7 Å². The summed E-state index contributed by atoms with van der Waals surface area (Å²) < 4.78 is 4.57. The van der Waals surface area contributed by atoms with Crippen LogP contribution in [0.5, 0.6) is 0 Å². The van der Waals surface area contributed by atoms with Crippen LogP contribution in [-0.2, 0) is 14.3 Å². The molecular weight excluding hydrogens is 266 g/mol. The van der Waals surface area contributed by atoms with Crippen molar-refractivity contribution in [3.8, 4) is 0 Å². The number of rotatable bonds is 4. The molecule has 0 aliphatic carbocycles. The quantitative estimate of drug-likeness (QED) is 0.803. The van der Waals surface area contributed by atoms with Gasteiger partial charge in [0.2, 0.25) is 5.91 Å². The Morgan fingerprint density at radius 2 is 1.79 bits per heavy atom. The molecule has 0 saturated carbocycles. The Morgan fingerprint density at radius 3 is 2.21 bits per heavy atom. The van der Waals surface area contributed by atoms with Crippen molar-refractivity contribution < 1.29 is 19.4 Å². The zero-order chi connectivity index (χ0) is 13.7. The van der Waals surface area contributed by atoms with E-state index in [1.165, 1.54) is 14.0 Å². The molecular formula is C13H19NO4S. The molecule has 2 atom stereocenters. The van der Waals surface area contributed by atoms with Gasteiger partial charge in [0.15, 0.2) is 6.04 Å². The largest absolute Gasteiger partial charge is 0.467 e. The summed E-state index contributed by atoms with van der Waals surface area (Å²) in [5, 5.41) is 12.5. The first-order valence-corrected chi connectivity index (χ1v) is 5.55. The molecule has 1 aromatic rings. The molecule has 106 valence electrons. The first kappa shape index (κ1) is 17.5. The number of esters is 1. The summed E-state index contributed by atoms with van der Waals surface area (Å²) in [4.78, 5) is 22.6. The van der Waals surface area contributed by atoms with Crippen molar-refractivity contribution in [2.24, 2.45) is 0 Å². The van der Waals surface area contributed by atoms with Gasteiger partial charge >= 0.3 is 5.97 Å². The lowest BCUT2D eigenvalue weighted by Crippen LogP contribution is -2.44. The van der Waals surface area contributed by atoms with E-state index < -0.39 is 24.0 Å². The van der Waals surface area contributed by atoms with Crippen LogP contribution in [0.1, 0.15) is 24.2 Å². The topological polar surface area (TPSA) is 75.6 Å². The van der Waals surface area contributed by atoms with Crippen LogP contribution < -0.4 is 5.32 Å². The number of hydrogen-bond acceptors (Lipinski definition) is 4. The molecule has 0 aliphatic heterocycles. The highest BCUT2D eigenvalue weighted by Gasteiger charge is 2.29. The highest BCUT2D eigenvalue weighted by molar-refractivity contribution is 7.59. The molecule has 0 radical (unpaired) electrons. The third-order valence-electron chi connectivity index (χ3n) is 2.55. The molecule has 2 N–H and O–H groups in total. The lowest BCUT2D eigenvalue weighted by Gasteiger charge is -2.21. The van der Waals surface area contributed by atoms with Crippen molar-refractivity contribution in [2.75, 3.05) is 7.11 Å². The van der Waals surface area contributed by atoms with Gasteiger partial charge in [0.05, 0.1) is 7.11 Å². The summed E-state index contributed by atoms with van der Waals surface area (Å²) in [6, 6.07) is 5.95. The van der Waals surface area contributed by atoms with Crippen LogP contribution in [0.2, 0.25) is 0 Å². The van der Waals surface area contributed by atoms with Crippen molar-refractivity contribution >= 4 is 25.4 Å². The van der Waals surface area contributed by atoms with Gasteiger partial charge in [-0.3, -0.25) is 4.79 Å². The van der Waals surface area contributed by atoms with E-state index in [-0.39, 0.29) is 13.5 Å². The Bertz CT molecular complexity index is 433. The van der Waals surface area contributed by atoms with Gasteiger partial charge in [0, 0.05) is 6.92 Å². The standard InChI is InChI=1S/C13H17NO4.H2S/c1-8-4-6-10(7-5-8)12(16)11(13(17)18-3)14-9(2)15;/h4-7,11-12,16H,1-3H3,(H,14,15);1H2/t11-,12+;/m0./s1. The minimum atomic E-state index is -1.14. The summed E-state index contributed by atoms with van der Waals surface area (Å²) in [5.41, 5.74) is 1.59. The highest BCUT2D eigenvalue weighted by atomic mass is 32.1. The van der Waals surface area contributed by atoms with E-state index in [4.69, 9.17) is 0 Å². The molecule has 1 amide bonds. The number of amides is 1. The summed E-state index contributed by atoms with van der Waals surface area (Å²) in [6.45, 7) is 3.19. The molecule has 1 aromatic carbocycles. The highest BCUT2D eigenvalue weighted by Crippen LogP contribution is 2.18. The molecule has 0 bridgehead atoms. The smallest absolute Gasteiger partial charge is 0.331 e. The normalized spacial score (nSPS) is 12.8. The van der Waals surface area contributed by atoms with Crippen molar-refractivity contribution in [1.29, 1.82) is 0 Å². The maximum Gasteiger partial charge on any atom is 0.331 e. The lowest BCUT2D eigenvalue weighted by atomic mass is 10.0. The number of aliphatic hydroxyl groups excluding tert-OH is 1. The van der Waals surface area contributed by atoms with Crippen LogP contribution in [0.25, 0.3) is 0 Å². The molecule has 1 rings (SSSR count). The average Bonchev–Trinajstić information content (AvgIpc) is 2.35. The molecule has 0 aromatic heterocycles. The predicted octanol–water partition coefficient (Wildman–Crippen LogP) is 0.819. The second-order valence-corrected chi connectivity index (χ2v) is 4.06. The number of carbonyl (C=O) groups is 2. The second-order valence-electron chi connectivity index (χ2n) is 4.06. The minimum Gasteiger partial charge on any atom is -0.467 e. The van der Waals surface area contributed by atoms with Crippen molar-refractivity contribution in [3.05, 3.63) is 35.4 Å². The van der Waals surface area contributed by atoms with E-state index in [0.717, 1.165) is 5.56 Å². The van der Waals surface area contributed by atoms with Gasteiger partial charge in [0.25, 0.3) is 0 Å². The van der Waals surface area contributed by atoms with Crippen LogP contribution in [0.15, 0.2) is 24.3 Å². The zero-order valence-corrected chi connectivity index (χ0v) is 12.1. The van der Waals surface area contributed by atoms with Crippen molar-refractivity contribution in [1.82, 2.24) is 5.32 Å². The number of carbonyl (C=O) groups excluding carboxylic acids is 2. The van der Waals surface area contributed by atoms with E-state index in [2.05, 4.69) is 10.1 Å². The first-order valence-electron chi connectivity index (χ1n) is 5.55. The Kier molecular flexibility index (Phi) is 7.18. The number of hydrogen-bond donors (Lipinski definition) is 2. The van der Waals surface area contributed by atoms with E-state index in [1.807, 2.05) is 19.1 Å². The number of benzene rings is 1. The molecule has 0 heterocycles. The Hall–Kier alpha value is -1.53. The van der Waals surface area contributed by atoms with Crippen molar-refractivity contribution in [3.63, 3.8) is 0 Å².